The van der Waals surface area contributed by atoms with Crippen molar-refractivity contribution in [3.05, 3.63) is 53.1 Å². The smallest absolute Gasteiger partial charge is 0.339 e. The van der Waals surface area contributed by atoms with Gasteiger partial charge in [-0.25, -0.2) is 0 Å². The summed E-state index contributed by atoms with van der Waals surface area (Å²) >= 11 is 5.75. The van der Waals surface area contributed by atoms with Gasteiger partial charge in [0.25, 0.3) is 0 Å². The number of hydrogen-bond donors (Lipinski definition) is 1. The topological polar surface area (TPSA) is 72.5 Å². The molecule has 0 aliphatic carbocycles. The number of carbonyl (C=O) groups is 1. The number of fused-ring (bicyclic) bond motifs is 1. The maximum absolute atomic E-state index is 12.3. The molecule has 1 heterocycles. The predicted octanol–water partition coefficient (Wildman–Crippen LogP) is 2.99. The molecule has 5 nitrogen and oxygen atoms in total. The Morgan fingerprint density at radius 1 is 1.05 bits per heavy atom. The minimum absolute atomic E-state index is 0.0531. The van der Waals surface area contributed by atoms with Gasteiger partial charge in [0.2, 0.25) is 5.91 Å². The summed E-state index contributed by atoms with van der Waals surface area (Å²) in [7, 11) is -3.93. The molecule has 0 bridgehead atoms. The van der Waals surface area contributed by atoms with E-state index in [1.54, 1.807) is 18.2 Å². The maximum atomic E-state index is 12.3. The van der Waals surface area contributed by atoms with Crippen molar-refractivity contribution in [3.8, 4) is 5.75 Å². The average molecular weight is 338 g/mol. The molecule has 0 spiro atoms. The summed E-state index contributed by atoms with van der Waals surface area (Å²) < 4.78 is 29.7. The molecule has 1 aliphatic heterocycles. The van der Waals surface area contributed by atoms with Crippen molar-refractivity contribution < 1.29 is 17.4 Å². The second-order valence-electron chi connectivity index (χ2n) is 4.86. The fourth-order valence-electron chi connectivity index (χ4n) is 2.18. The first-order valence-electron chi connectivity index (χ1n) is 6.57. The Hall–Kier alpha value is -2.05. The summed E-state index contributed by atoms with van der Waals surface area (Å²) in [5.41, 5.74) is 1.42. The van der Waals surface area contributed by atoms with Gasteiger partial charge in [-0.3, -0.25) is 4.79 Å². The van der Waals surface area contributed by atoms with Crippen LogP contribution in [0.25, 0.3) is 0 Å². The van der Waals surface area contributed by atoms with Crippen LogP contribution in [0.3, 0.4) is 0 Å². The number of rotatable bonds is 3. The van der Waals surface area contributed by atoms with Gasteiger partial charge in [0.05, 0.1) is 0 Å². The second-order valence-corrected chi connectivity index (χ2v) is 6.84. The molecule has 0 saturated carbocycles. The lowest BCUT2D eigenvalue weighted by atomic mass is 10.0. The maximum Gasteiger partial charge on any atom is 0.339 e. The van der Waals surface area contributed by atoms with E-state index in [0.29, 0.717) is 23.6 Å². The van der Waals surface area contributed by atoms with E-state index in [1.165, 1.54) is 24.3 Å². The largest absolute Gasteiger partial charge is 0.379 e. The van der Waals surface area contributed by atoms with Crippen LogP contribution < -0.4 is 9.50 Å². The number of carbonyl (C=O) groups excluding carboxylic acids is 1. The molecule has 1 amide bonds. The molecule has 0 unspecified atom stereocenters. The van der Waals surface area contributed by atoms with E-state index >= 15 is 0 Å². The number of aryl methyl sites for hydroxylation is 1. The zero-order chi connectivity index (χ0) is 15.7. The Balaban J connectivity index is 1.89. The lowest BCUT2D eigenvalue weighted by molar-refractivity contribution is -0.116. The van der Waals surface area contributed by atoms with Gasteiger partial charge in [-0.15, -0.1) is 0 Å². The van der Waals surface area contributed by atoms with E-state index in [4.69, 9.17) is 15.8 Å². The van der Waals surface area contributed by atoms with Crippen LogP contribution in [0, 0.1) is 0 Å². The van der Waals surface area contributed by atoms with Crippen LogP contribution >= 0.6 is 11.6 Å². The predicted molar refractivity (Wildman–Crippen MR) is 82.7 cm³/mol. The summed E-state index contributed by atoms with van der Waals surface area (Å²) in [6.45, 7) is 0. The summed E-state index contributed by atoms with van der Waals surface area (Å²) in [6, 6.07) is 10.6. The van der Waals surface area contributed by atoms with E-state index in [-0.39, 0.29) is 16.6 Å². The van der Waals surface area contributed by atoms with E-state index in [2.05, 4.69) is 5.32 Å². The highest BCUT2D eigenvalue weighted by Crippen LogP contribution is 2.27. The van der Waals surface area contributed by atoms with Gasteiger partial charge in [-0.2, -0.15) is 8.42 Å². The Morgan fingerprint density at radius 3 is 2.50 bits per heavy atom. The summed E-state index contributed by atoms with van der Waals surface area (Å²) in [4.78, 5) is 11.4. The molecule has 0 radical (unpaired) electrons. The van der Waals surface area contributed by atoms with Crippen molar-refractivity contribution in [3.63, 3.8) is 0 Å². The SMILES string of the molecule is O=C1CCc2cc(S(=O)(=O)Oc3ccc(Cl)cc3)ccc2N1. The normalized spacial score (nSPS) is 14.1. The number of halogens is 1. The van der Waals surface area contributed by atoms with Crippen LogP contribution in [0.4, 0.5) is 5.69 Å². The number of benzene rings is 2. The van der Waals surface area contributed by atoms with Gasteiger partial charge >= 0.3 is 10.1 Å². The molecular formula is C15H12ClNO4S. The fourth-order valence-corrected chi connectivity index (χ4v) is 3.29. The Kier molecular flexibility index (Phi) is 3.80. The molecule has 1 N–H and O–H groups in total. The highest BCUT2D eigenvalue weighted by Gasteiger charge is 2.21. The van der Waals surface area contributed by atoms with Gasteiger partial charge in [-0.05, 0) is 54.4 Å². The molecule has 3 rings (SSSR count). The van der Waals surface area contributed by atoms with Crippen LogP contribution in [0.15, 0.2) is 47.4 Å². The number of nitrogens with one attached hydrogen (secondary N) is 1. The zero-order valence-electron chi connectivity index (χ0n) is 11.4. The highest BCUT2D eigenvalue weighted by molar-refractivity contribution is 7.87. The summed E-state index contributed by atoms with van der Waals surface area (Å²) in [6.07, 6.45) is 0.847. The van der Waals surface area contributed by atoms with Crippen molar-refractivity contribution >= 4 is 33.3 Å². The fraction of sp³-hybridized carbons (Fsp3) is 0.133. The number of anilines is 1. The van der Waals surface area contributed by atoms with Crippen molar-refractivity contribution in [2.24, 2.45) is 0 Å². The molecule has 7 heteroatoms. The van der Waals surface area contributed by atoms with Crippen LogP contribution in [-0.2, 0) is 21.3 Å². The minimum atomic E-state index is -3.93. The number of amides is 1. The van der Waals surface area contributed by atoms with Crippen LogP contribution in [0.2, 0.25) is 5.02 Å². The van der Waals surface area contributed by atoms with Gasteiger partial charge in [0.1, 0.15) is 10.6 Å². The standard InChI is InChI=1S/C15H12ClNO4S/c16-11-2-4-12(5-3-11)21-22(19,20)13-6-7-14-10(9-13)1-8-15(18)17-14/h2-7,9H,1,8H2,(H,17,18). The first kappa shape index (κ1) is 14.9. The lowest BCUT2D eigenvalue weighted by Gasteiger charge is -2.17. The first-order valence-corrected chi connectivity index (χ1v) is 8.35. The van der Waals surface area contributed by atoms with Gasteiger partial charge in [0.15, 0.2) is 0 Å². The van der Waals surface area contributed by atoms with Gasteiger partial charge in [-0.1, -0.05) is 11.6 Å². The number of hydrogen-bond acceptors (Lipinski definition) is 4. The van der Waals surface area contributed by atoms with Crippen LogP contribution in [-0.4, -0.2) is 14.3 Å². The molecule has 0 fully saturated rings. The molecule has 0 saturated heterocycles. The average Bonchev–Trinajstić information content (AvgIpc) is 2.49. The quantitative estimate of drug-likeness (QED) is 0.874. The lowest BCUT2D eigenvalue weighted by Crippen LogP contribution is -2.19. The first-order chi connectivity index (χ1) is 10.4. The third-order valence-electron chi connectivity index (χ3n) is 3.28. The Morgan fingerprint density at radius 2 is 1.77 bits per heavy atom. The van der Waals surface area contributed by atoms with Crippen molar-refractivity contribution in [1.82, 2.24) is 0 Å². The molecule has 0 aromatic heterocycles. The van der Waals surface area contributed by atoms with Crippen molar-refractivity contribution in [2.75, 3.05) is 5.32 Å². The summed E-state index contributed by atoms with van der Waals surface area (Å²) in [5, 5.41) is 3.20. The van der Waals surface area contributed by atoms with Crippen LogP contribution in [0.5, 0.6) is 5.75 Å². The van der Waals surface area contributed by atoms with Crippen LogP contribution in [0.1, 0.15) is 12.0 Å². The van der Waals surface area contributed by atoms with E-state index in [0.717, 1.165) is 5.56 Å². The third kappa shape index (κ3) is 3.08. The highest BCUT2D eigenvalue weighted by atomic mass is 35.5. The van der Waals surface area contributed by atoms with E-state index in [9.17, 15) is 13.2 Å². The van der Waals surface area contributed by atoms with Crippen molar-refractivity contribution in [2.45, 2.75) is 17.7 Å². The van der Waals surface area contributed by atoms with E-state index < -0.39 is 10.1 Å². The molecule has 114 valence electrons. The van der Waals surface area contributed by atoms with Gasteiger partial charge in [0, 0.05) is 17.1 Å². The zero-order valence-corrected chi connectivity index (χ0v) is 12.9. The van der Waals surface area contributed by atoms with E-state index in [1.807, 2.05) is 0 Å². The van der Waals surface area contributed by atoms with Crippen molar-refractivity contribution in [1.29, 1.82) is 0 Å². The monoisotopic (exact) mass is 337 g/mol. The summed E-state index contributed by atoms with van der Waals surface area (Å²) in [5.74, 6) is 0.121. The Bertz CT molecular complexity index is 831. The molecular weight excluding hydrogens is 326 g/mol. The molecule has 0 atom stereocenters. The molecule has 1 aliphatic rings. The Labute approximate surface area is 133 Å². The minimum Gasteiger partial charge on any atom is -0.379 e. The third-order valence-corrected chi connectivity index (χ3v) is 4.78. The molecule has 2 aromatic carbocycles. The van der Waals surface area contributed by atoms with Gasteiger partial charge < -0.3 is 9.50 Å². The molecule has 22 heavy (non-hydrogen) atoms. The molecule has 2 aromatic rings. The second kappa shape index (κ2) is 5.62.